The van der Waals surface area contributed by atoms with Gasteiger partial charge in [-0.1, -0.05) is 17.7 Å². The van der Waals surface area contributed by atoms with Gasteiger partial charge in [0.2, 0.25) is 0 Å². The molecule has 0 aliphatic heterocycles. The van der Waals surface area contributed by atoms with E-state index in [1.165, 1.54) is 0 Å². The van der Waals surface area contributed by atoms with Gasteiger partial charge in [-0.05, 0) is 26.0 Å². The van der Waals surface area contributed by atoms with Crippen LogP contribution in [0.2, 0.25) is 5.02 Å². The maximum atomic E-state index is 6.31. The number of nitrogens with zero attached hydrogens (tertiary/aromatic N) is 3. The third-order valence-corrected chi connectivity index (χ3v) is 3.59. The summed E-state index contributed by atoms with van der Waals surface area (Å²) in [6, 6.07) is 5.68. The molecule has 0 aliphatic carbocycles. The summed E-state index contributed by atoms with van der Waals surface area (Å²) in [7, 11) is 0. The Labute approximate surface area is 117 Å². The molecule has 2 aromatic rings. The van der Waals surface area contributed by atoms with Crippen molar-refractivity contribution in [1.29, 1.82) is 0 Å². The van der Waals surface area contributed by atoms with Crippen molar-refractivity contribution in [2.75, 3.05) is 0 Å². The summed E-state index contributed by atoms with van der Waals surface area (Å²) in [6.07, 6.45) is 2.41. The van der Waals surface area contributed by atoms with Crippen LogP contribution in [0.1, 0.15) is 30.0 Å². The van der Waals surface area contributed by atoms with Gasteiger partial charge in [-0.2, -0.15) is 5.10 Å². The minimum Gasteiger partial charge on any atom is -0.271 e. The van der Waals surface area contributed by atoms with Crippen molar-refractivity contribution in [2.45, 2.75) is 32.9 Å². The van der Waals surface area contributed by atoms with Gasteiger partial charge in [-0.25, -0.2) is 0 Å². The smallest absolute Gasteiger partial charge is 0.0847 e. The van der Waals surface area contributed by atoms with E-state index in [-0.39, 0.29) is 6.04 Å². The first-order chi connectivity index (χ1) is 9.17. The zero-order valence-corrected chi connectivity index (χ0v) is 11.9. The van der Waals surface area contributed by atoms with E-state index >= 15 is 0 Å². The van der Waals surface area contributed by atoms with Crippen LogP contribution in [0.15, 0.2) is 24.4 Å². The van der Waals surface area contributed by atoms with E-state index in [2.05, 4.69) is 15.5 Å². The molecule has 5 nitrogen and oxygen atoms in total. The molecule has 0 bridgehead atoms. The first kappa shape index (κ1) is 14.0. The lowest BCUT2D eigenvalue weighted by atomic mass is 10.1. The normalized spacial score (nSPS) is 12.6. The Hall–Kier alpha value is -1.43. The highest BCUT2D eigenvalue weighted by molar-refractivity contribution is 6.31. The molecule has 19 heavy (non-hydrogen) atoms. The van der Waals surface area contributed by atoms with E-state index in [1.54, 1.807) is 6.20 Å². The minimum atomic E-state index is -0.0832. The van der Waals surface area contributed by atoms with E-state index in [9.17, 15) is 0 Å². The molecular formula is C13H18ClN5. The molecule has 0 aliphatic rings. The molecule has 0 aromatic carbocycles. The second-order valence-corrected chi connectivity index (χ2v) is 4.72. The lowest BCUT2D eigenvalue weighted by Crippen LogP contribution is -2.31. The maximum Gasteiger partial charge on any atom is 0.0847 e. The van der Waals surface area contributed by atoms with Crippen molar-refractivity contribution >= 4 is 11.6 Å². The molecule has 0 radical (unpaired) electrons. The quantitative estimate of drug-likeness (QED) is 0.649. The van der Waals surface area contributed by atoms with Crippen LogP contribution >= 0.6 is 11.6 Å². The Balaban J connectivity index is 2.29. The zero-order chi connectivity index (χ0) is 13.8. The number of nitrogens with two attached hydrogens (primary N) is 1. The van der Waals surface area contributed by atoms with Gasteiger partial charge < -0.3 is 0 Å². The number of hydrogen-bond acceptors (Lipinski definition) is 4. The summed E-state index contributed by atoms with van der Waals surface area (Å²) in [5.74, 6) is 5.64. The number of aryl methyl sites for hydroxylation is 2. The fourth-order valence-corrected chi connectivity index (χ4v) is 2.30. The summed E-state index contributed by atoms with van der Waals surface area (Å²) in [5.41, 5.74) is 5.51. The molecule has 3 N–H and O–H groups in total. The number of aromatic nitrogens is 3. The molecule has 1 atom stereocenters. The largest absolute Gasteiger partial charge is 0.271 e. The predicted molar refractivity (Wildman–Crippen MR) is 75.7 cm³/mol. The molecule has 1 unspecified atom stereocenters. The van der Waals surface area contributed by atoms with Crippen molar-refractivity contribution in [3.8, 4) is 0 Å². The van der Waals surface area contributed by atoms with Crippen LogP contribution in [0.25, 0.3) is 0 Å². The molecule has 2 rings (SSSR count). The second kappa shape index (κ2) is 6.14. The van der Waals surface area contributed by atoms with Crippen molar-refractivity contribution in [2.24, 2.45) is 5.84 Å². The number of halogens is 1. The Bertz CT molecular complexity index is 537. The van der Waals surface area contributed by atoms with Gasteiger partial charge in [0.05, 0.1) is 28.1 Å². The molecular weight excluding hydrogens is 262 g/mol. The van der Waals surface area contributed by atoms with E-state index in [0.717, 1.165) is 23.6 Å². The van der Waals surface area contributed by atoms with Crippen molar-refractivity contribution in [3.05, 3.63) is 46.5 Å². The topological polar surface area (TPSA) is 68.8 Å². The number of hydrazine groups is 1. The molecule has 0 fully saturated rings. The number of rotatable bonds is 5. The number of pyridine rings is 1. The number of hydrogen-bond donors (Lipinski definition) is 2. The third-order valence-electron chi connectivity index (χ3n) is 3.10. The molecule has 102 valence electrons. The highest BCUT2D eigenvalue weighted by Crippen LogP contribution is 2.25. The van der Waals surface area contributed by atoms with Gasteiger partial charge in [-0.3, -0.25) is 20.9 Å². The average molecular weight is 280 g/mol. The summed E-state index contributed by atoms with van der Waals surface area (Å²) in [5, 5.41) is 5.11. The standard InChI is InChI=1S/C13H18ClN5/c1-3-19-12(13(14)9(2)18-19)8-11(17-15)10-6-4-5-7-16-10/h4-7,11,17H,3,8,15H2,1-2H3. The van der Waals surface area contributed by atoms with Crippen LogP contribution in [0.5, 0.6) is 0 Å². The van der Waals surface area contributed by atoms with Gasteiger partial charge in [0, 0.05) is 19.2 Å². The summed E-state index contributed by atoms with van der Waals surface area (Å²) in [4.78, 5) is 4.32. The minimum absolute atomic E-state index is 0.0832. The van der Waals surface area contributed by atoms with E-state index in [1.807, 2.05) is 36.7 Å². The van der Waals surface area contributed by atoms with Crippen molar-refractivity contribution < 1.29 is 0 Å². The zero-order valence-electron chi connectivity index (χ0n) is 11.1. The fourth-order valence-electron chi connectivity index (χ4n) is 2.09. The predicted octanol–water partition coefficient (Wildman–Crippen LogP) is 2.01. The number of nitrogens with one attached hydrogen (secondary N) is 1. The molecule has 2 heterocycles. The lowest BCUT2D eigenvalue weighted by Gasteiger charge is -2.16. The van der Waals surface area contributed by atoms with Gasteiger partial charge in [-0.15, -0.1) is 0 Å². The maximum absolute atomic E-state index is 6.31. The van der Waals surface area contributed by atoms with Crippen molar-refractivity contribution in [1.82, 2.24) is 20.2 Å². The first-order valence-electron chi connectivity index (χ1n) is 6.26. The average Bonchev–Trinajstić information content (AvgIpc) is 2.72. The van der Waals surface area contributed by atoms with Crippen LogP contribution in [0.4, 0.5) is 0 Å². The third kappa shape index (κ3) is 2.94. The van der Waals surface area contributed by atoms with Gasteiger partial charge >= 0.3 is 0 Å². The summed E-state index contributed by atoms with van der Waals surface area (Å²) >= 11 is 6.31. The van der Waals surface area contributed by atoms with E-state index in [4.69, 9.17) is 17.4 Å². The van der Waals surface area contributed by atoms with Crippen LogP contribution in [-0.2, 0) is 13.0 Å². The summed E-state index contributed by atoms with van der Waals surface area (Å²) in [6.45, 7) is 4.73. The molecule has 0 saturated carbocycles. The molecule has 0 saturated heterocycles. The van der Waals surface area contributed by atoms with Gasteiger partial charge in [0.25, 0.3) is 0 Å². The molecule has 6 heteroatoms. The fraction of sp³-hybridized carbons (Fsp3) is 0.385. The van der Waals surface area contributed by atoms with Crippen LogP contribution in [0, 0.1) is 6.92 Å². The SMILES string of the molecule is CCn1nc(C)c(Cl)c1CC(NN)c1ccccn1. The van der Waals surface area contributed by atoms with Crippen LogP contribution in [0.3, 0.4) is 0 Å². The van der Waals surface area contributed by atoms with Crippen molar-refractivity contribution in [3.63, 3.8) is 0 Å². The molecule has 2 aromatic heterocycles. The Morgan fingerprint density at radius 2 is 2.26 bits per heavy atom. The monoisotopic (exact) mass is 279 g/mol. The Morgan fingerprint density at radius 1 is 1.47 bits per heavy atom. The Morgan fingerprint density at radius 3 is 2.84 bits per heavy atom. The molecule has 0 amide bonds. The second-order valence-electron chi connectivity index (χ2n) is 4.34. The highest BCUT2D eigenvalue weighted by Gasteiger charge is 2.19. The van der Waals surface area contributed by atoms with Crippen LogP contribution in [-0.4, -0.2) is 14.8 Å². The van der Waals surface area contributed by atoms with Gasteiger partial charge in [0.15, 0.2) is 0 Å². The van der Waals surface area contributed by atoms with E-state index < -0.39 is 0 Å². The highest BCUT2D eigenvalue weighted by atomic mass is 35.5. The summed E-state index contributed by atoms with van der Waals surface area (Å²) < 4.78 is 1.91. The first-order valence-corrected chi connectivity index (χ1v) is 6.64. The lowest BCUT2D eigenvalue weighted by molar-refractivity contribution is 0.507. The Kier molecular flexibility index (Phi) is 4.52. The van der Waals surface area contributed by atoms with E-state index in [0.29, 0.717) is 11.4 Å². The van der Waals surface area contributed by atoms with Gasteiger partial charge in [0.1, 0.15) is 0 Å². The molecule has 0 spiro atoms. The van der Waals surface area contributed by atoms with Crippen LogP contribution < -0.4 is 11.3 Å².